The molecule has 1 saturated carbocycles. The van der Waals surface area contributed by atoms with Gasteiger partial charge in [-0.1, -0.05) is 42.5 Å². The molecule has 1 amide bonds. The molecule has 0 bridgehead atoms. The van der Waals surface area contributed by atoms with Crippen LogP contribution in [0.2, 0.25) is 0 Å². The number of aromatic nitrogens is 3. The third-order valence-corrected chi connectivity index (χ3v) is 4.71. The van der Waals surface area contributed by atoms with Gasteiger partial charge < -0.3 is 10.4 Å². The number of nitrogens with one attached hydrogen (secondary N) is 1. The topological polar surface area (TPSA) is 80.0 Å². The molecule has 1 heterocycles. The number of rotatable bonds is 5. The lowest BCUT2D eigenvalue weighted by Crippen LogP contribution is -2.42. The summed E-state index contributed by atoms with van der Waals surface area (Å²) in [5.41, 5.74) is 2.61. The van der Waals surface area contributed by atoms with E-state index in [9.17, 15) is 9.90 Å². The molecule has 1 aliphatic carbocycles. The van der Waals surface area contributed by atoms with E-state index in [0.717, 1.165) is 16.6 Å². The van der Waals surface area contributed by atoms with Crippen LogP contribution in [0, 0.1) is 5.92 Å². The first kappa shape index (κ1) is 15.8. The molecule has 0 saturated heterocycles. The highest BCUT2D eigenvalue weighted by Crippen LogP contribution is 2.37. The highest BCUT2D eigenvalue weighted by molar-refractivity contribution is 5.77. The summed E-state index contributed by atoms with van der Waals surface area (Å²) in [6.07, 6.45) is 1.17. The van der Waals surface area contributed by atoms with Gasteiger partial charge in [-0.15, -0.1) is 0 Å². The lowest BCUT2D eigenvalue weighted by molar-refractivity contribution is -0.124. The molecular formula is C19H20N4O2. The highest BCUT2D eigenvalue weighted by atomic mass is 16.3. The fourth-order valence-electron chi connectivity index (χ4n) is 3.36. The number of fused-ring (bicyclic) bond motifs is 1. The molecule has 6 heteroatoms. The predicted octanol–water partition coefficient (Wildman–Crippen LogP) is 2.06. The number of aliphatic hydroxyl groups is 1. The van der Waals surface area contributed by atoms with Crippen molar-refractivity contribution in [3.05, 3.63) is 60.2 Å². The summed E-state index contributed by atoms with van der Waals surface area (Å²) in [5, 5.41) is 21.4. The van der Waals surface area contributed by atoms with Crippen molar-refractivity contribution in [2.24, 2.45) is 5.92 Å². The Bertz CT molecular complexity index is 838. The van der Waals surface area contributed by atoms with E-state index in [-0.39, 0.29) is 30.5 Å². The molecule has 4 rings (SSSR count). The summed E-state index contributed by atoms with van der Waals surface area (Å²) in [7, 11) is 0. The first-order valence-corrected chi connectivity index (χ1v) is 8.51. The second kappa shape index (κ2) is 6.64. The smallest absolute Gasteiger partial charge is 0.244 e. The first-order valence-electron chi connectivity index (χ1n) is 8.51. The summed E-state index contributed by atoms with van der Waals surface area (Å²) >= 11 is 0. The average molecular weight is 336 g/mol. The molecular weight excluding hydrogens is 316 g/mol. The van der Waals surface area contributed by atoms with E-state index >= 15 is 0 Å². The number of nitrogens with zero attached hydrogens (tertiary/aromatic N) is 3. The van der Waals surface area contributed by atoms with Gasteiger partial charge in [-0.05, 0) is 36.5 Å². The Balaban J connectivity index is 1.48. The molecule has 6 nitrogen and oxygen atoms in total. The normalized spacial score (nSPS) is 20.8. The largest absolute Gasteiger partial charge is 0.393 e. The van der Waals surface area contributed by atoms with Crippen LogP contribution in [0.15, 0.2) is 54.6 Å². The van der Waals surface area contributed by atoms with E-state index in [1.165, 1.54) is 4.80 Å². The molecule has 3 aromatic rings. The van der Waals surface area contributed by atoms with Crippen molar-refractivity contribution in [2.45, 2.75) is 31.5 Å². The quantitative estimate of drug-likeness (QED) is 0.747. The Morgan fingerprint density at radius 1 is 1.08 bits per heavy atom. The zero-order chi connectivity index (χ0) is 17.2. The minimum absolute atomic E-state index is 0.0767. The van der Waals surface area contributed by atoms with Gasteiger partial charge in [-0.3, -0.25) is 4.79 Å². The molecule has 1 fully saturated rings. The molecule has 2 aromatic carbocycles. The number of hydrogen-bond acceptors (Lipinski definition) is 4. The van der Waals surface area contributed by atoms with Gasteiger partial charge in [-0.25, -0.2) is 0 Å². The third-order valence-electron chi connectivity index (χ3n) is 4.71. The Kier molecular flexibility index (Phi) is 4.19. The van der Waals surface area contributed by atoms with E-state index < -0.39 is 0 Å². The van der Waals surface area contributed by atoms with E-state index in [0.29, 0.717) is 12.8 Å². The summed E-state index contributed by atoms with van der Waals surface area (Å²) in [4.78, 5) is 14.0. The molecule has 0 radical (unpaired) electrons. The molecule has 1 aromatic heterocycles. The number of carbonyl (C=O) groups is 1. The van der Waals surface area contributed by atoms with Gasteiger partial charge in [0, 0.05) is 0 Å². The Morgan fingerprint density at radius 3 is 2.28 bits per heavy atom. The SMILES string of the molecule is O=C(Cn1nc2ccccc2n1)N[C@H](c1ccccc1)C1CC(O)C1. The molecule has 1 aliphatic rings. The van der Waals surface area contributed by atoms with Crippen molar-refractivity contribution in [1.29, 1.82) is 0 Å². The van der Waals surface area contributed by atoms with Crippen molar-refractivity contribution in [3.8, 4) is 0 Å². The van der Waals surface area contributed by atoms with Gasteiger partial charge >= 0.3 is 0 Å². The van der Waals surface area contributed by atoms with E-state index in [4.69, 9.17) is 0 Å². The van der Waals surface area contributed by atoms with Crippen molar-refractivity contribution in [3.63, 3.8) is 0 Å². The van der Waals surface area contributed by atoms with Gasteiger partial charge in [0.15, 0.2) is 0 Å². The number of aliphatic hydroxyl groups excluding tert-OH is 1. The molecule has 128 valence electrons. The number of carbonyl (C=O) groups excluding carboxylic acids is 1. The zero-order valence-corrected chi connectivity index (χ0v) is 13.7. The second-order valence-corrected chi connectivity index (χ2v) is 6.56. The Morgan fingerprint density at radius 2 is 1.68 bits per heavy atom. The number of benzene rings is 2. The van der Waals surface area contributed by atoms with Crippen LogP contribution in [0.5, 0.6) is 0 Å². The number of amides is 1. The van der Waals surface area contributed by atoms with E-state index in [2.05, 4.69) is 15.5 Å². The molecule has 25 heavy (non-hydrogen) atoms. The molecule has 1 atom stereocenters. The van der Waals surface area contributed by atoms with Gasteiger partial charge in [-0.2, -0.15) is 15.0 Å². The van der Waals surface area contributed by atoms with Crippen LogP contribution in [-0.4, -0.2) is 32.1 Å². The second-order valence-electron chi connectivity index (χ2n) is 6.56. The first-order chi connectivity index (χ1) is 12.2. The molecule has 2 N–H and O–H groups in total. The highest BCUT2D eigenvalue weighted by Gasteiger charge is 2.35. The van der Waals surface area contributed by atoms with Crippen LogP contribution >= 0.6 is 0 Å². The maximum atomic E-state index is 12.5. The maximum Gasteiger partial charge on any atom is 0.244 e. The fourth-order valence-corrected chi connectivity index (χ4v) is 3.36. The summed E-state index contributed by atoms with van der Waals surface area (Å²) < 4.78 is 0. The summed E-state index contributed by atoms with van der Waals surface area (Å²) in [6.45, 7) is 0.0767. The zero-order valence-electron chi connectivity index (χ0n) is 13.7. The van der Waals surface area contributed by atoms with Crippen molar-refractivity contribution < 1.29 is 9.90 Å². The Labute approximate surface area is 145 Å². The lowest BCUT2D eigenvalue weighted by atomic mass is 9.75. The van der Waals surface area contributed by atoms with Crippen LogP contribution in [0.4, 0.5) is 0 Å². The van der Waals surface area contributed by atoms with Gasteiger partial charge in [0.05, 0.1) is 12.1 Å². The van der Waals surface area contributed by atoms with Crippen molar-refractivity contribution in [2.75, 3.05) is 0 Å². The average Bonchev–Trinajstić information content (AvgIpc) is 3.00. The van der Waals surface area contributed by atoms with Gasteiger partial charge in [0.25, 0.3) is 0 Å². The van der Waals surface area contributed by atoms with E-state index in [1.807, 2.05) is 54.6 Å². The molecule has 0 aliphatic heterocycles. The Hall–Kier alpha value is -2.73. The van der Waals surface area contributed by atoms with Crippen LogP contribution in [0.1, 0.15) is 24.4 Å². The standard InChI is InChI=1S/C19H20N4O2/c24-15-10-14(11-15)19(13-6-2-1-3-7-13)20-18(25)12-23-21-16-8-4-5-9-17(16)22-23/h1-9,14-15,19,24H,10-12H2,(H,20,25)/t14?,15?,19-/m1/s1. The van der Waals surface area contributed by atoms with Crippen LogP contribution < -0.4 is 5.32 Å². The fraction of sp³-hybridized carbons (Fsp3) is 0.316. The predicted molar refractivity (Wildman–Crippen MR) is 93.6 cm³/mol. The van der Waals surface area contributed by atoms with Crippen LogP contribution in [0.3, 0.4) is 0 Å². The molecule has 0 spiro atoms. The maximum absolute atomic E-state index is 12.5. The minimum atomic E-state index is -0.258. The number of hydrogen-bond donors (Lipinski definition) is 2. The molecule has 0 unspecified atom stereocenters. The van der Waals surface area contributed by atoms with E-state index in [1.54, 1.807) is 0 Å². The summed E-state index contributed by atoms with van der Waals surface area (Å²) in [6, 6.07) is 17.4. The summed E-state index contributed by atoms with van der Waals surface area (Å²) in [5.74, 6) is 0.126. The minimum Gasteiger partial charge on any atom is -0.393 e. The monoisotopic (exact) mass is 336 g/mol. The lowest BCUT2D eigenvalue weighted by Gasteiger charge is -2.38. The van der Waals surface area contributed by atoms with Gasteiger partial charge in [0.2, 0.25) is 5.91 Å². The van der Waals surface area contributed by atoms with Crippen LogP contribution in [-0.2, 0) is 11.3 Å². The third kappa shape index (κ3) is 3.39. The van der Waals surface area contributed by atoms with Crippen molar-refractivity contribution >= 4 is 16.9 Å². The van der Waals surface area contributed by atoms with Crippen LogP contribution in [0.25, 0.3) is 11.0 Å². The van der Waals surface area contributed by atoms with Gasteiger partial charge in [0.1, 0.15) is 17.6 Å². The van der Waals surface area contributed by atoms with Crippen molar-refractivity contribution in [1.82, 2.24) is 20.3 Å².